The molecule has 4 rings (SSSR count). The molecule has 0 amide bonds. The van der Waals surface area contributed by atoms with Gasteiger partial charge in [0.15, 0.2) is 21.8 Å². The van der Waals surface area contributed by atoms with Crippen molar-refractivity contribution in [1.82, 2.24) is 9.29 Å². The molecule has 0 saturated carbocycles. The number of benzene rings is 1. The molecule has 4 atom stereocenters. The lowest BCUT2D eigenvalue weighted by Gasteiger charge is -2.23. The van der Waals surface area contributed by atoms with Crippen LogP contribution < -0.4 is 4.74 Å². The molecule has 0 spiro atoms. The van der Waals surface area contributed by atoms with Gasteiger partial charge in [0.2, 0.25) is 0 Å². The molecule has 0 bridgehead atoms. The van der Waals surface area contributed by atoms with Crippen LogP contribution in [0.2, 0.25) is 0 Å². The van der Waals surface area contributed by atoms with Gasteiger partial charge in [-0.15, -0.1) is 0 Å². The molecular formula is C29H38N4O4S. The van der Waals surface area contributed by atoms with Crippen molar-refractivity contribution in [3.63, 3.8) is 0 Å². The monoisotopic (exact) mass is 538 g/mol. The third-order valence-corrected chi connectivity index (χ3v) is 8.64. The predicted molar refractivity (Wildman–Crippen MR) is 150 cm³/mol. The highest BCUT2D eigenvalue weighted by molar-refractivity contribution is 7.82. The number of carboxylic acids is 1. The van der Waals surface area contributed by atoms with E-state index in [2.05, 4.69) is 28.2 Å². The number of aliphatic carboxylic acids is 1. The Bertz CT molecular complexity index is 1210. The summed E-state index contributed by atoms with van der Waals surface area (Å²) in [5.41, 5.74) is 4.14. The van der Waals surface area contributed by atoms with E-state index in [9.17, 15) is 14.1 Å². The fourth-order valence-electron chi connectivity index (χ4n) is 5.25. The maximum absolute atomic E-state index is 13.4. The van der Waals surface area contributed by atoms with Crippen molar-refractivity contribution in [1.29, 1.82) is 0 Å². The Morgan fingerprint density at radius 1 is 1.32 bits per heavy atom. The maximum atomic E-state index is 13.4. The number of fused-ring (bicyclic) bond motifs is 1. The molecule has 1 N–H and O–H groups in total. The third kappa shape index (κ3) is 7.35. The van der Waals surface area contributed by atoms with Crippen LogP contribution >= 0.6 is 0 Å². The van der Waals surface area contributed by atoms with Gasteiger partial charge in [-0.2, -0.15) is 10.2 Å². The van der Waals surface area contributed by atoms with Crippen LogP contribution in [0, 0.1) is 12.8 Å². The highest BCUT2D eigenvalue weighted by Crippen LogP contribution is 2.31. The Morgan fingerprint density at radius 3 is 2.95 bits per heavy atom. The zero-order valence-electron chi connectivity index (χ0n) is 22.5. The summed E-state index contributed by atoms with van der Waals surface area (Å²) >= 11 is 0. The molecule has 0 radical (unpaired) electrons. The number of hydrogen-bond donors (Lipinski definition) is 1. The van der Waals surface area contributed by atoms with E-state index in [1.807, 2.05) is 36.5 Å². The van der Waals surface area contributed by atoms with Crippen LogP contribution in [-0.2, 0) is 22.3 Å². The number of rotatable bonds is 10. The van der Waals surface area contributed by atoms with Gasteiger partial charge in [0, 0.05) is 31.2 Å². The van der Waals surface area contributed by atoms with E-state index in [4.69, 9.17) is 4.74 Å². The molecule has 3 heterocycles. The SMILES string of the molecule is CCCC1CC=NN=C(CCC(CC(=O)O)c2ccc(C)c(CN3CC(C)Oc4cccnc4S3=O)c2)C1. The molecule has 38 heavy (non-hydrogen) atoms. The largest absolute Gasteiger partial charge is 0.486 e. The molecule has 1 aromatic carbocycles. The van der Waals surface area contributed by atoms with Crippen molar-refractivity contribution in [3.05, 3.63) is 53.2 Å². The fourth-order valence-corrected chi connectivity index (χ4v) is 6.54. The summed E-state index contributed by atoms with van der Waals surface area (Å²) in [6.07, 6.45) is 9.01. The van der Waals surface area contributed by atoms with E-state index in [0.717, 1.165) is 54.5 Å². The summed E-state index contributed by atoms with van der Waals surface area (Å²) in [5, 5.41) is 18.8. The van der Waals surface area contributed by atoms with Crippen molar-refractivity contribution in [2.24, 2.45) is 16.1 Å². The maximum Gasteiger partial charge on any atom is 0.303 e. The molecular weight excluding hydrogens is 500 g/mol. The Balaban J connectivity index is 1.53. The smallest absolute Gasteiger partial charge is 0.303 e. The molecule has 2 aliphatic rings. The zero-order valence-corrected chi connectivity index (χ0v) is 23.3. The van der Waals surface area contributed by atoms with Crippen molar-refractivity contribution in [3.8, 4) is 5.75 Å². The van der Waals surface area contributed by atoms with E-state index < -0.39 is 17.0 Å². The van der Waals surface area contributed by atoms with E-state index in [1.54, 1.807) is 18.3 Å². The fraction of sp³-hybridized carbons (Fsp3) is 0.517. The minimum atomic E-state index is -1.47. The first-order valence-corrected chi connectivity index (χ1v) is 14.6. The highest BCUT2D eigenvalue weighted by atomic mass is 32.2. The number of aromatic nitrogens is 1. The summed E-state index contributed by atoms with van der Waals surface area (Å²) in [5.74, 6) is 0.143. The molecule has 9 heteroatoms. The normalized spacial score (nSPS) is 22.5. The van der Waals surface area contributed by atoms with Gasteiger partial charge >= 0.3 is 5.97 Å². The molecule has 8 nitrogen and oxygen atoms in total. The van der Waals surface area contributed by atoms with Gasteiger partial charge in [-0.25, -0.2) is 13.5 Å². The molecule has 0 fully saturated rings. The molecule has 1 aromatic heterocycles. The number of nitrogens with zero attached hydrogens (tertiary/aromatic N) is 4. The van der Waals surface area contributed by atoms with Crippen LogP contribution in [0.3, 0.4) is 0 Å². The van der Waals surface area contributed by atoms with Gasteiger partial charge < -0.3 is 9.84 Å². The first kappa shape index (κ1) is 28.1. The van der Waals surface area contributed by atoms with Crippen molar-refractivity contribution in [2.75, 3.05) is 6.54 Å². The van der Waals surface area contributed by atoms with Crippen LogP contribution in [0.5, 0.6) is 5.75 Å². The quantitative estimate of drug-likeness (QED) is 0.420. The lowest BCUT2D eigenvalue weighted by atomic mass is 9.86. The molecule has 4 unspecified atom stereocenters. The number of pyridine rings is 1. The summed E-state index contributed by atoms with van der Waals surface area (Å²) in [7, 11) is -1.47. The van der Waals surface area contributed by atoms with Crippen molar-refractivity contribution < 1.29 is 18.8 Å². The van der Waals surface area contributed by atoms with Gasteiger partial charge in [-0.1, -0.05) is 31.5 Å². The lowest BCUT2D eigenvalue weighted by molar-refractivity contribution is -0.137. The first-order valence-electron chi connectivity index (χ1n) is 13.5. The third-order valence-electron chi connectivity index (χ3n) is 7.26. The van der Waals surface area contributed by atoms with Gasteiger partial charge in [0.1, 0.15) is 6.10 Å². The molecule has 0 saturated heterocycles. The molecule has 204 valence electrons. The van der Waals surface area contributed by atoms with Crippen molar-refractivity contribution in [2.45, 2.75) is 89.3 Å². The van der Waals surface area contributed by atoms with Gasteiger partial charge in [0.25, 0.3) is 0 Å². The Labute approximate surface area is 227 Å². The standard InChI is InChI=1S/C29H38N4O4S/c1-4-6-22-12-14-31-32-26(15-22)11-10-24(17-28(34)35)23-9-8-20(2)25(16-23)19-33-18-21(3)37-27-7-5-13-30-29(27)38(33)36/h5,7-9,13-14,16,21-22,24H,4,6,10-12,15,17-19H2,1-3H3,(H,34,35). The second-order valence-electron chi connectivity index (χ2n) is 10.4. The van der Waals surface area contributed by atoms with Crippen LogP contribution in [0.1, 0.15) is 81.4 Å². The second kappa shape index (κ2) is 13.2. The van der Waals surface area contributed by atoms with E-state index >= 15 is 0 Å². The van der Waals surface area contributed by atoms with E-state index in [0.29, 0.717) is 36.2 Å². The Kier molecular flexibility index (Phi) is 9.80. The van der Waals surface area contributed by atoms with Gasteiger partial charge in [-0.3, -0.25) is 4.79 Å². The topological polar surface area (TPSA) is 104 Å². The zero-order chi connectivity index (χ0) is 27.1. The van der Waals surface area contributed by atoms with E-state index in [-0.39, 0.29) is 18.4 Å². The molecule has 0 aliphatic carbocycles. The summed E-state index contributed by atoms with van der Waals surface area (Å²) < 4.78 is 21.3. The number of ether oxygens (including phenoxy) is 1. The Morgan fingerprint density at radius 2 is 2.16 bits per heavy atom. The summed E-state index contributed by atoms with van der Waals surface area (Å²) in [4.78, 5) is 16.1. The number of aryl methyl sites for hydroxylation is 1. The number of carboxylic acid groups (broad SMARTS) is 1. The number of hydrogen-bond acceptors (Lipinski definition) is 6. The molecule has 2 aromatic rings. The highest BCUT2D eigenvalue weighted by Gasteiger charge is 2.28. The second-order valence-corrected chi connectivity index (χ2v) is 11.8. The average molecular weight is 539 g/mol. The molecule has 2 aliphatic heterocycles. The van der Waals surface area contributed by atoms with Crippen LogP contribution in [0.4, 0.5) is 0 Å². The first-order chi connectivity index (χ1) is 18.3. The minimum absolute atomic E-state index is 0.0508. The minimum Gasteiger partial charge on any atom is -0.486 e. The van der Waals surface area contributed by atoms with Crippen LogP contribution in [0.25, 0.3) is 0 Å². The van der Waals surface area contributed by atoms with Gasteiger partial charge in [-0.05, 0) is 86.6 Å². The van der Waals surface area contributed by atoms with Gasteiger partial charge in [0.05, 0.1) is 6.42 Å². The predicted octanol–water partition coefficient (Wildman–Crippen LogP) is 5.67. The van der Waals surface area contributed by atoms with Crippen LogP contribution in [-0.4, -0.2) is 49.1 Å². The van der Waals surface area contributed by atoms with Crippen LogP contribution in [0.15, 0.2) is 51.8 Å². The van der Waals surface area contributed by atoms with Crippen molar-refractivity contribution >= 4 is 28.9 Å². The summed E-state index contributed by atoms with van der Waals surface area (Å²) in [6, 6.07) is 9.74. The average Bonchev–Trinajstić information content (AvgIpc) is 3.18. The van der Waals surface area contributed by atoms with E-state index in [1.165, 1.54) is 0 Å². The summed E-state index contributed by atoms with van der Waals surface area (Å²) in [6.45, 7) is 7.13. The lowest BCUT2D eigenvalue weighted by Crippen LogP contribution is -2.32. The Hall–Kier alpha value is -2.91. The number of carbonyl (C=O) groups is 1.